The summed E-state index contributed by atoms with van der Waals surface area (Å²) < 4.78 is 18.2. The standard InChI is InChI=1S/C21H26FNO2/c1-21(2,3)17-7-4-16(5-8-17)6-13-20(24)23-14-15-25-19-11-9-18(22)10-12-19/h4-5,7-12H,6,13-15H2,1-3H3,(H,23,24). The number of hydrogen-bond acceptors (Lipinski definition) is 2. The molecule has 0 aliphatic carbocycles. The Morgan fingerprint density at radius 3 is 2.28 bits per heavy atom. The van der Waals surface area contributed by atoms with E-state index in [1.54, 1.807) is 12.1 Å². The molecule has 2 rings (SSSR count). The third kappa shape index (κ3) is 6.57. The first kappa shape index (κ1) is 19.0. The van der Waals surface area contributed by atoms with Crippen LogP contribution in [0.25, 0.3) is 0 Å². The van der Waals surface area contributed by atoms with E-state index in [0.29, 0.717) is 25.3 Å². The molecule has 0 saturated heterocycles. The molecule has 3 nitrogen and oxygen atoms in total. The van der Waals surface area contributed by atoms with E-state index in [0.717, 1.165) is 12.0 Å². The zero-order chi connectivity index (χ0) is 18.3. The number of aryl methyl sites for hydroxylation is 1. The molecule has 0 aromatic heterocycles. The van der Waals surface area contributed by atoms with Gasteiger partial charge in [0.05, 0.1) is 6.54 Å². The van der Waals surface area contributed by atoms with Crippen LogP contribution in [0.2, 0.25) is 0 Å². The summed E-state index contributed by atoms with van der Waals surface area (Å²) in [5.41, 5.74) is 2.59. The van der Waals surface area contributed by atoms with Crippen molar-refractivity contribution in [1.29, 1.82) is 0 Å². The van der Waals surface area contributed by atoms with Crippen LogP contribution in [0.4, 0.5) is 4.39 Å². The highest BCUT2D eigenvalue weighted by atomic mass is 19.1. The zero-order valence-electron chi connectivity index (χ0n) is 15.1. The van der Waals surface area contributed by atoms with Crippen molar-refractivity contribution in [3.8, 4) is 5.75 Å². The minimum absolute atomic E-state index is 0.00241. The monoisotopic (exact) mass is 343 g/mol. The molecule has 4 heteroatoms. The van der Waals surface area contributed by atoms with Crippen molar-refractivity contribution in [2.45, 2.75) is 39.0 Å². The Balaban J connectivity index is 1.66. The Morgan fingerprint density at radius 1 is 1.04 bits per heavy atom. The van der Waals surface area contributed by atoms with Gasteiger partial charge in [0.15, 0.2) is 0 Å². The molecule has 0 saturated carbocycles. The second kappa shape index (κ2) is 8.65. The third-order valence-electron chi connectivity index (χ3n) is 3.97. The topological polar surface area (TPSA) is 38.3 Å². The van der Waals surface area contributed by atoms with Crippen LogP contribution in [0.3, 0.4) is 0 Å². The van der Waals surface area contributed by atoms with Crippen molar-refractivity contribution >= 4 is 5.91 Å². The fraction of sp³-hybridized carbons (Fsp3) is 0.381. The Kier molecular flexibility index (Phi) is 6.57. The molecule has 0 heterocycles. The van der Waals surface area contributed by atoms with Crippen molar-refractivity contribution in [3.05, 3.63) is 65.5 Å². The molecule has 25 heavy (non-hydrogen) atoms. The minimum Gasteiger partial charge on any atom is -0.492 e. The third-order valence-corrected chi connectivity index (χ3v) is 3.97. The Bertz CT molecular complexity index is 673. The van der Waals surface area contributed by atoms with Gasteiger partial charge in [0.2, 0.25) is 5.91 Å². The van der Waals surface area contributed by atoms with Crippen LogP contribution in [0, 0.1) is 5.82 Å². The largest absolute Gasteiger partial charge is 0.492 e. The predicted octanol–water partition coefficient (Wildman–Crippen LogP) is 4.25. The van der Waals surface area contributed by atoms with Gasteiger partial charge in [-0.25, -0.2) is 4.39 Å². The number of benzene rings is 2. The summed E-state index contributed by atoms with van der Waals surface area (Å²) in [7, 11) is 0. The molecule has 134 valence electrons. The molecule has 0 radical (unpaired) electrons. The number of carbonyl (C=O) groups is 1. The fourth-order valence-electron chi connectivity index (χ4n) is 2.41. The molecular weight excluding hydrogens is 317 g/mol. The van der Waals surface area contributed by atoms with Crippen molar-refractivity contribution < 1.29 is 13.9 Å². The zero-order valence-corrected chi connectivity index (χ0v) is 15.1. The number of halogens is 1. The van der Waals surface area contributed by atoms with Gasteiger partial charge < -0.3 is 10.1 Å². The van der Waals surface area contributed by atoms with E-state index in [-0.39, 0.29) is 17.1 Å². The van der Waals surface area contributed by atoms with Crippen molar-refractivity contribution in [2.24, 2.45) is 0 Å². The Hall–Kier alpha value is -2.36. The molecule has 1 N–H and O–H groups in total. The number of rotatable bonds is 7. The normalized spacial score (nSPS) is 11.2. The molecule has 0 fully saturated rings. The lowest BCUT2D eigenvalue weighted by Crippen LogP contribution is -2.28. The lowest BCUT2D eigenvalue weighted by atomic mass is 9.86. The van der Waals surface area contributed by atoms with Crippen LogP contribution in [-0.2, 0) is 16.6 Å². The average molecular weight is 343 g/mol. The van der Waals surface area contributed by atoms with Crippen LogP contribution >= 0.6 is 0 Å². The highest BCUT2D eigenvalue weighted by Crippen LogP contribution is 2.22. The van der Waals surface area contributed by atoms with Gasteiger partial charge in [0.25, 0.3) is 0 Å². The Labute approximate surface area is 149 Å². The summed E-state index contributed by atoms with van der Waals surface area (Å²) in [6, 6.07) is 14.3. The number of nitrogens with one attached hydrogen (secondary N) is 1. The van der Waals surface area contributed by atoms with Crippen molar-refractivity contribution in [1.82, 2.24) is 5.32 Å². The van der Waals surface area contributed by atoms with Crippen molar-refractivity contribution in [2.75, 3.05) is 13.2 Å². The summed E-state index contributed by atoms with van der Waals surface area (Å²) in [6.45, 7) is 7.34. The second-order valence-electron chi connectivity index (χ2n) is 7.10. The summed E-state index contributed by atoms with van der Waals surface area (Å²) >= 11 is 0. The van der Waals surface area contributed by atoms with Gasteiger partial charge in [-0.3, -0.25) is 4.79 Å². The van der Waals surface area contributed by atoms with E-state index in [1.807, 2.05) is 0 Å². The quantitative estimate of drug-likeness (QED) is 0.763. The first-order valence-corrected chi connectivity index (χ1v) is 8.59. The molecule has 2 aromatic carbocycles. The molecule has 2 aromatic rings. The van der Waals surface area contributed by atoms with Crippen LogP contribution in [0.15, 0.2) is 48.5 Å². The van der Waals surface area contributed by atoms with Crippen LogP contribution in [-0.4, -0.2) is 19.1 Å². The molecular formula is C21H26FNO2. The summed E-state index contributed by atoms with van der Waals surface area (Å²) in [4.78, 5) is 11.9. The molecule has 0 aliphatic heterocycles. The summed E-state index contributed by atoms with van der Waals surface area (Å²) in [6.07, 6.45) is 1.17. The van der Waals surface area contributed by atoms with E-state index in [1.165, 1.54) is 17.7 Å². The predicted molar refractivity (Wildman–Crippen MR) is 98.4 cm³/mol. The second-order valence-corrected chi connectivity index (χ2v) is 7.10. The average Bonchev–Trinajstić information content (AvgIpc) is 2.58. The Morgan fingerprint density at radius 2 is 1.68 bits per heavy atom. The molecule has 0 aliphatic rings. The molecule has 1 amide bonds. The maximum atomic E-state index is 12.8. The smallest absolute Gasteiger partial charge is 0.220 e. The number of hydrogen-bond donors (Lipinski definition) is 1. The van der Waals surface area contributed by atoms with E-state index in [4.69, 9.17) is 4.74 Å². The van der Waals surface area contributed by atoms with E-state index >= 15 is 0 Å². The first-order valence-electron chi connectivity index (χ1n) is 8.59. The molecule has 0 atom stereocenters. The summed E-state index contributed by atoms with van der Waals surface area (Å²) in [5, 5.41) is 2.83. The molecule has 0 bridgehead atoms. The number of carbonyl (C=O) groups excluding carboxylic acids is 1. The first-order chi connectivity index (χ1) is 11.8. The van der Waals surface area contributed by atoms with Gasteiger partial charge in [-0.2, -0.15) is 0 Å². The van der Waals surface area contributed by atoms with E-state index in [2.05, 4.69) is 50.4 Å². The maximum Gasteiger partial charge on any atom is 0.220 e. The lowest BCUT2D eigenvalue weighted by molar-refractivity contribution is -0.121. The van der Waals surface area contributed by atoms with E-state index in [9.17, 15) is 9.18 Å². The van der Waals surface area contributed by atoms with Crippen LogP contribution in [0.1, 0.15) is 38.3 Å². The number of amides is 1. The molecule has 0 unspecified atom stereocenters. The highest BCUT2D eigenvalue weighted by molar-refractivity contribution is 5.76. The van der Waals surface area contributed by atoms with Crippen molar-refractivity contribution in [3.63, 3.8) is 0 Å². The minimum atomic E-state index is -0.295. The highest BCUT2D eigenvalue weighted by Gasteiger charge is 2.12. The van der Waals surface area contributed by atoms with Gasteiger partial charge in [0, 0.05) is 6.42 Å². The SMILES string of the molecule is CC(C)(C)c1ccc(CCC(=O)NCCOc2ccc(F)cc2)cc1. The van der Waals surface area contributed by atoms with Gasteiger partial charge in [-0.15, -0.1) is 0 Å². The number of ether oxygens (including phenoxy) is 1. The van der Waals surface area contributed by atoms with Gasteiger partial charge >= 0.3 is 0 Å². The van der Waals surface area contributed by atoms with Crippen LogP contribution in [0.5, 0.6) is 5.75 Å². The van der Waals surface area contributed by atoms with Gasteiger partial charge in [-0.1, -0.05) is 45.0 Å². The maximum absolute atomic E-state index is 12.8. The fourth-order valence-corrected chi connectivity index (χ4v) is 2.41. The summed E-state index contributed by atoms with van der Waals surface area (Å²) in [5.74, 6) is 0.299. The van der Waals surface area contributed by atoms with Crippen LogP contribution < -0.4 is 10.1 Å². The molecule has 0 spiro atoms. The van der Waals surface area contributed by atoms with Gasteiger partial charge in [-0.05, 0) is 47.2 Å². The van der Waals surface area contributed by atoms with Gasteiger partial charge in [0.1, 0.15) is 18.2 Å². The lowest BCUT2D eigenvalue weighted by Gasteiger charge is -2.19. The van der Waals surface area contributed by atoms with E-state index < -0.39 is 0 Å².